The first-order valence-corrected chi connectivity index (χ1v) is 6.56. The third kappa shape index (κ3) is 2.07. The molecule has 2 rings (SSSR count). The molecule has 2 heterocycles. The normalized spacial score (nSPS) is 21.8. The molecule has 3 nitrogen and oxygen atoms in total. The van der Waals surface area contributed by atoms with E-state index < -0.39 is 7.12 Å². The molecule has 0 aromatic carbocycles. The zero-order valence-corrected chi connectivity index (χ0v) is 11.7. The molecule has 0 unspecified atom stereocenters. The summed E-state index contributed by atoms with van der Waals surface area (Å²) in [4.78, 5) is 12.2. The standard InChI is InChI=1S/C12H17BO3S/c1-8(14)10-9(6-7-17-10)13-15-11(2,3)12(4,5)16-13/h6-7H,1-5H3. The molecule has 1 fully saturated rings. The molecule has 1 aliphatic heterocycles. The van der Waals surface area contributed by atoms with Crippen LogP contribution in [0.15, 0.2) is 11.4 Å². The highest BCUT2D eigenvalue weighted by molar-refractivity contribution is 7.13. The van der Waals surface area contributed by atoms with Crippen molar-refractivity contribution < 1.29 is 14.1 Å². The summed E-state index contributed by atoms with van der Waals surface area (Å²) in [6.07, 6.45) is 0. The van der Waals surface area contributed by atoms with Crippen LogP contribution in [0.5, 0.6) is 0 Å². The number of ketones is 1. The predicted molar refractivity (Wildman–Crippen MR) is 70.0 cm³/mol. The maximum Gasteiger partial charge on any atom is 0.496 e. The van der Waals surface area contributed by atoms with Crippen molar-refractivity contribution in [3.05, 3.63) is 16.3 Å². The van der Waals surface area contributed by atoms with Crippen molar-refractivity contribution in [2.45, 2.75) is 45.8 Å². The number of carbonyl (C=O) groups is 1. The highest BCUT2D eigenvalue weighted by Crippen LogP contribution is 2.36. The largest absolute Gasteiger partial charge is 0.496 e. The Morgan fingerprint density at radius 2 is 1.76 bits per heavy atom. The van der Waals surface area contributed by atoms with Crippen LogP contribution in [-0.4, -0.2) is 24.1 Å². The fourth-order valence-corrected chi connectivity index (χ4v) is 2.58. The number of carbonyl (C=O) groups excluding carboxylic acids is 1. The first-order chi connectivity index (χ1) is 7.74. The van der Waals surface area contributed by atoms with Gasteiger partial charge in [0, 0.05) is 5.46 Å². The predicted octanol–water partition coefficient (Wildman–Crippen LogP) is 2.25. The van der Waals surface area contributed by atoms with Crippen LogP contribution >= 0.6 is 11.3 Å². The van der Waals surface area contributed by atoms with Crippen LogP contribution in [0, 0.1) is 0 Å². The number of thiophene rings is 1. The second kappa shape index (κ2) is 3.94. The van der Waals surface area contributed by atoms with E-state index in [0.717, 1.165) is 10.3 Å². The van der Waals surface area contributed by atoms with Crippen molar-refractivity contribution >= 4 is 29.7 Å². The monoisotopic (exact) mass is 252 g/mol. The van der Waals surface area contributed by atoms with Crippen molar-refractivity contribution in [3.8, 4) is 0 Å². The van der Waals surface area contributed by atoms with Gasteiger partial charge in [0.25, 0.3) is 0 Å². The van der Waals surface area contributed by atoms with Crippen LogP contribution < -0.4 is 5.46 Å². The average Bonchev–Trinajstić information content (AvgIpc) is 2.69. The van der Waals surface area contributed by atoms with Crippen LogP contribution in [0.25, 0.3) is 0 Å². The second-order valence-electron chi connectivity index (χ2n) is 5.35. The Hall–Kier alpha value is -0.645. The molecule has 0 spiro atoms. The average molecular weight is 252 g/mol. The highest BCUT2D eigenvalue weighted by Gasteiger charge is 2.52. The first kappa shape index (κ1) is 12.8. The van der Waals surface area contributed by atoms with Gasteiger partial charge in [-0.15, -0.1) is 11.3 Å². The maximum atomic E-state index is 11.5. The van der Waals surface area contributed by atoms with Gasteiger partial charge in [-0.2, -0.15) is 0 Å². The Balaban J connectivity index is 2.32. The summed E-state index contributed by atoms with van der Waals surface area (Å²) in [6, 6.07) is 1.91. The lowest BCUT2D eigenvalue weighted by Crippen LogP contribution is -2.41. The van der Waals surface area contributed by atoms with Gasteiger partial charge >= 0.3 is 7.12 Å². The van der Waals surface area contributed by atoms with Crippen molar-refractivity contribution in [1.29, 1.82) is 0 Å². The molecule has 92 valence electrons. The van der Waals surface area contributed by atoms with E-state index in [4.69, 9.17) is 9.31 Å². The molecule has 1 aliphatic rings. The third-order valence-corrected chi connectivity index (χ3v) is 4.55. The summed E-state index contributed by atoms with van der Waals surface area (Å²) in [6.45, 7) is 9.60. The van der Waals surface area contributed by atoms with E-state index in [1.807, 2.05) is 39.1 Å². The van der Waals surface area contributed by atoms with E-state index in [0.29, 0.717) is 0 Å². The molecule has 0 bridgehead atoms. The summed E-state index contributed by atoms with van der Waals surface area (Å²) in [7, 11) is -0.440. The molecular weight excluding hydrogens is 235 g/mol. The summed E-state index contributed by atoms with van der Waals surface area (Å²) in [5, 5.41) is 1.90. The summed E-state index contributed by atoms with van der Waals surface area (Å²) >= 11 is 1.44. The molecule has 1 aromatic heterocycles. The van der Waals surface area contributed by atoms with Gasteiger partial charge < -0.3 is 9.31 Å². The molecule has 1 saturated heterocycles. The van der Waals surface area contributed by atoms with Crippen molar-refractivity contribution in [1.82, 2.24) is 0 Å². The summed E-state index contributed by atoms with van der Waals surface area (Å²) in [5.41, 5.74) is 0.113. The number of rotatable bonds is 2. The molecule has 0 aliphatic carbocycles. The summed E-state index contributed by atoms with van der Waals surface area (Å²) in [5.74, 6) is 0.0599. The molecule has 0 radical (unpaired) electrons. The van der Waals surface area contributed by atoms with Gasteiger partial charge in [-0.1, -0.05) is 6.07 Å². The zero-order chi connectivity index (χ0) is 12.8. The maximum absolute atomic E-state index is 11.5. The minimum absolute atomic E-state index is 0.0599. The smallest absolute Gasteiger partial charge is 0.399 e. The van der Waals surface area contributed by atoms with Gasteiger partial charge in [0.1, 0.15) is 0 Å². The number of Topliss-reactive ketones (excluding diaryl/α,β-unsaturated/α-hetero) is 1. The Morgan fingerprint density at radius 3 is 2.24 bits per heavy atom. The van der Waals surface area contributed by atoms with Gasteiger partial charge in [0.15, 0.2) is 5.78 Å². The van der Waals surface area contributed by atoms with Crippen LogP contribution in [0.3, 0.4) is 0 Å². The van der Waals surface area contributed by atoms with Crippen molar-refractivity contribution in [2.75, 3.05) is 0 Å². The lowest BCUT2D eigenvalue weighted by molar-refractivity contribution is 0.00578. The third-order valence-electron chi connectivity index (χ3n) is 3.52. The number of hydrogen-bond acceptors (Lipinski definition) is 4. The Labute approximate surface area is 106 Å². The van der Waals surface area contributed by atoms with Gasteiger partial charge in [-0.3, -0.25) is 4.79 Å². The Morgan fingerprint density at radius 1 is 1.24 bits per heavy atom. The van der Waals surface area contributed by atoms with Gasteiger partial charge in [-0.05, 0) is 40.0 Å². The van der Waals surface area contributed by atoms with E-state index >= 15 is 0 Å². The van der Waals surface area contributed by atoms with Gasteiger partial charge in [0.05, 0.1) is 16.1 Å². The zero-order valence-electron chi connectivity index (χ0n) is 10.9. The van der Waals surface area contributed by atoms with E-state index in [-0.39, 0.29) is 17.0 Å². The molecule has 1 aromatic rings. The van der Waals surface area contributed by atoms with Gasteiger partial charge in [0.2, 0.25) is 0 Å². The summed E-state index contributed by atoms with van der Waals surface area (Å²) < 4.78 is 11.9. The molecule has 0 amide bonds. The van der Waals surface area contributed by atoms with E-state index in [9.17, 15) is 4.79 Å². The number of hydrogen-bond donors (Lipinski definition) is 0. The van der Waals surface area contributed by atoms with E-state index in [1.165, 1.54) is 11.3 Å². The molecule has 0 saturated carbocycles. The lowest BCUT2D eigenvalue weighted by atomic mass is 9.79. The molecule has 0 N–H and O–H groups in total. The lowest BCUT2D eigenvalue weighted by Gasteiger charge is -2.32. The minimum Gasteiger partial charge on any atom is -0.399 e. The molecule has 0 atom stereocenters. The van der Waals surface area contributed by atoms with Crippen molar-refractivity contribution in [2.24, 2.45) is 0 Å². The van der Waals surface area contributed by atoms with E-state index in [1.54, 1.807) is 6.92 Å². The molecule has 5 heteroatoms. The fourth-order valence-electron chi connectivity index (χ4n) is 1.76. The van der Waals surface area contributed by atoms with Crippen molar-refractivity contribution in [3.63, 3.8) is 0 Å². The molecule has 17 heavy (non-hydrogen) atoms. The van der Waals surface area contributed by atoms with E-state index in [2.05, 4.69) is 0 Å². The van der Waals surface area contributed by atoms with Crippen LogP contribution in [0.1, 0.15) is 44.3 Å². The Kier molecular flexibility index (Phi) is 2.96. The van der Waals surface area contributed by atoms with Crippen LogP contribution in [-0.2, 0) is 9.31 Å². The Bertz CT molecular complexity index is 434. The van der Waals surface area contributed by atoms with Crippen LogP contribution in [0.4, 0.5) is 0 Å². The first-order valence-electron chi connectivity index (χ1n) is 5.68. The quantitative estimate of drug-likeness (QED) is 0.598. The fraction of sp³-hybridized carbons (Fsp3) is 0.583. The second-order valence-corrected chi connectivity index (χ2v) is 6.27. The highest BCUT2D eigenvalue weighted by atomic mass is 32.1. The SMILES string of the molecule is CC(=O)c1sccc1B1OC(C)(C)C(C)(C)O1. The minimum atomic E-state index is -0.440. The van der Waals surface area contributed by atoms with Crippen LogP contribution in [0.2, 0.25) is 0 Å². The molecular formula is C12H17BO3S. The topological polar surface area (TPSA) is 35.5 Å². The van der Waals surface area contributed by atoms with Gasteiger partial charge in [-0.25, -0.2) is 0 Å².